The first-order valence-electron chi connectivity index (χ1n) is 10.4. The zero-order valence-electron chi connectivity index (χ0n) is 18.7. The van der Waals surface area contributed by atoms with Crippen molar-refractivity contribution < 1.29 is 9.18 Å². The summed E-state index contributed by atoms with van der Waals surface area (Å²) in [7, 11) is 0. The first-order chi connectivity index (χ1) is 15.0. The maximum absolute atomic E-state index is 13.7. The molecule has 0 spiro atoms. The summed E-state index contributed by atoms with van der Waals surface area (Å²) in [5.74, 6) is -0.382. The van der Waals surface area contributed by atoms with Gasteiger partial charge < -0.3 is 4.57 Å². The molecule has 0 aliphatic heterocycles. The summed E-state index contributed by atoms with van der Waals surface area (Å²) >= 11 is 2.32. The minimum Gasteiger partial charge on any atom is -0.312 e. The van der Waals surface area contributed by atoms with E-state index in [-0.39, 0.29) is 11.7 Å². The number of nitriles is 1. The molecule has 2 heterocycles. The first-order valence-corrected chi connectivity index (χ1v) is 11.4. The number of nitrogens with zero attached hydrogens (tertiary/aromatic N) is 4. The summed E-state index contributed by atoms with van der Waals surface area (Å²) in [4.78, 5) is 13.0. The van der Waals surface area contributed by atoms with E-state index in [0.717, 1.165) is 36.8 Å². The maximum Gasteiger partial charge on any atom is 0.252 e. The molecule has 0 amide bonds. The van der Waals surface area contributed by atoms with Crippen molar-refractivity contribution >= 4 is 50.3 Å². The second-order valence-electron chi connectivity index (χ2n) is 9.73. The van der Waals surface area contributed by atoms with E-state index in [1.165, 1.54) is 16.8 Å². The third-order valence-electron chi connectivity index (χ3n) is 5.68. The molecule has 4 aromatic rings. The Labute approximate surface area is 200 Å². The predicted molar refractivity (Wildman–Crippen MR) is 133 cm³/mol. The zero-order valence-corrected chi connectivity index (χ0v) is 20.9. The first kappa shape index (κ1) is 22.5. The smallest absolute Gasteiger partial charge is 0.252 e. The van der Waals surface area contributed by atoms with Gasteiger partial charge in [-0.25, -0.2) is 4.39 Å². The van der Waals surface area contributed by atoms with Gasteiger partial charge in [-0.2, -0.15) is 15.0 Å². The van der Waals surface area contributed by atoms with Crippen LogP contribution in [0.15, 0.2) is 42.6 Å². The van der Waals surface area contributed by atoms with Gasteiger partial charge >= 0.3 is 0 Å². The molecule has 5 nitrogen and oxygen atoms in total. The molecular weight excluding hydrogens is 518 g/mol. The van der Waals surface area contributed by atoms with Crippen LogP contribution in [0.1, 0.15) is 51.5 Å². The molecule has 2 aromatic carbocycles. The van der Waals surface area contributed by atoms with Gasteiger partial charge in [0.15, 0.2) is 0 Å². The van der Waals surface area contributed by atoms with Crippen molar-refractivity contribution in [3.05, 3.63) is 57.7 Å². The standard InChI is InChI=1S/C25H24FIN4O/c1-24(2,3)23(32)31-19-13-18-20(12-15(19)14-29-31)30(17-8-6-16(26)7-9-17)22(21(18)27)25(4,5)10-11-28/h6-9,12-14H,10H2,1-5H3. The lowest BCUT2D eigenvalue weighted by Crippen LogP contribution is -2.27. The number of halogens is 2. The molecule has 0 saturated carbocycles. The van der Waals surface area contributed by atoms with Crippen molar-refractivity contribution in [2.45, 2.75) is 46.5 Å². The van der Waals surface area contributed by atoms with Crippen molar-refractivity contribution in [1.82, 2.24) is 14.3 Å². The van der Waals surface area contributed by atoms with Gasteiger partial charge in [-0.1, -0.05) is 34.6 Å². The van der Waals surface area contributed by atoms with E-state index in [1.54, 1.807) is 18.3 Å². The molecule has 0 N–H and O–H groups in total. The highest BCUT2D eigenvalue weighted by atomic mass is 127. The zero-order chi connectivity index (χ0) is 23.4. The van der Waals surface area contributed by atoms with Gasteiger partial charge in [-0.3, -0.25) is 4.79 Å². The van der Waals surface area contributed by atoms with Crippen molar-refractivity contribution in [1.29, 1.82) is 5.26 Å². The molecule has 164 valence electrons. The summed E-state index contributed by atoms with van der Waals surface area (Å²) < 4.78 is 18.2. The Morgan fingerprint density at radius 2 is 1.78 bits per heavy atom. The van der Waals surface area contributed by atoms with E-state index in [0.29, 0.717) is 6.42 Å². The molecule has 0 unspecified atom stereocenters. The van der Waals surface area contributed by atoms with Crippen molar-refractivity contribution in [2.24, 2.45) is 5.41 Å². The Morgan fingerprint density at radius 1 is 1.12 bits per heavy atom. The highest BCUT2D eigenvalue weighted by Crippen LogP contribution is 2.41. The number of aromatic nitrogens is 3. The van der Waals surface area contributed by atoms with Crippen LogP contribution in [0.5, 0.6) is 0 Å². The van der Waals surface area contributed by atoms with Gasteiger partial charge in [0.05, 0.1) is 23.3 Å². The van der Waals surface area contributed by atoms with Crippen molar-refractivity contribution in [2.75, 3.05) is 0 Å². The monoisotopic (exact) mass is 542 g/mol. The molecular formula is C25H24FIN4O. The van der Waals surface area contributed by atoms with E-state index in [9.17, 15) is 14.4 Å². The van der Waals surface area contributed by atoms with Crippen LogP contribution in [0, 0.1) is 26.1 Å². The maximum atomic E-state index is 13.7. The molecule has 0 bridgehead atoms. The molecule has 2 aromatic heterocycles. The average molecular weight is 542 g/mol. The lowest BCUT2D eigenvalue weighted by atomic mass is 9.86. The number of benzene rings is 2. The third kappa shape index (κ3) is 3.60. The number of fused-ring (bicyclic) bond motifs is 2. The third-order valence-corrected chi connectivity index (χ3v) is 6.77. The lowest BCUT2D eigenvalue weighted by molar-refractivity contribution is 0.0755. The highest BCUT2D eigenvalue weighted by Gasteiger charge is 2.31. The largest absolute Gasteiger partial charge is 0.312 e. The molecule has 32 heavy (non-hydrogen) atoms. The average Bonchev–Trinajstić information content (AvgIpc) is 3.25. The Hall–Kier alpha value is -2.73. The van der Waals surface area contributed by atoms with Gasteiger partial charge in [0.1, 0.15) is 5.82 Å². The molecule has 0 atom stereocenters. The summed E-state index contributed by atoms with van der Waals surface area (Å²) in [6.45, 7) is 9.70. The van der Waals surface area contributed by atoms with Gasteiger partial charge in [-0.15, -0.1) is 0 Å². The fraction of sp³-hybridized carbons (Fsp3) is 0.320. The van der Waals surface area contributed by atoms with Crippen molar-refractivity contribution in [3.63, 3.8) is 0 Å². The van der Waals surface area contributed by atoms with E-state index in [4.69, 9.17) is 0 Å². The number of rotatable bonds is 3. The SMILES string of the molecule is CC(C)(C)C(=O)n1ncc2cc3c(cc21)c(I)c(C(C)(C)CC#N)n3-c1ccc(F)cc1. The molecule has 0 aliphatic rings. The van der Waals surface area contributed by atoms with Crippen LogP contribution < -0.4 is 0 Å². The molecule has 0 aliphatic carbocycles. The minimum atomic E-state index is -0.568. The molecule has 7 heteroatoms. The number of hydrogen-bond donors (Lipinski definition) is 0. The van der Waals surface area contributed by atoms with E-state index in [1.807, 2.05) is 46.8 Å². The number of hydrogen-bond acceptors (Lipinski definition) is 3. The highest BCUT2D eigenvalue weighted by molar-refractivity contribution is 14.1. The summed E-state index contributed by atoms with van der Waals surface area (Å²) in [5, 5.41) is 15.6. The normalized spacial score (nSPS) is 12.4. The van der Waals surface area contributed by atoms with Gasteiger partial charge in [0.25, 0.3) is 5.91 Å². The second-order valence-corrected chi connectivity index (χ2v) is 10.8. The molecule has 0 fully saturated rings. The van der Waals surface area contributed by atoms with Crippen LogP contribution in [0.2, 0.25) is 0 Å². The molecule has 4 rings (SSSR count). The van der Waals surface area contributed by atoms with Crippen LogP contribution in [0.25, 0.3) is 27.5 Å². The van der Waals surface area contributed by atoms with Gasteiger partial charge in [0.2, 0.25) is 0 Å². The number of carbonyl (C=O) groups is 1. The van der Waals surface area contributed by atoms with Gasteiger partial charge in [0, 0.05) is 43.0 Å². The fourth-order valence-corrected chi connectivity index (χ4v) is 5.39. The van der Waals surface area contributed by atoms with Crippen LogP contribution in [-0.4, -0.2) is 20.3 Å². The van der Waals surface area contributed by atoms with Gasteiger partial charge in [-0.05, 0) is 59.0 Å². The van der Waals surface area contributed by atoms with Crippen LogP contribution in [0.3, 0.4) is 0 Å². The Bertz CT molecular complexity index is 1400. The Kier molecular flexibility index (Phi) is 5.40. The van der Waals surface area contributed by atoms with E-state index >= 15 is 0 Å². The van der Waals surface area contributed by atoms with Crippen LogP contribution in [0.4, 0.5) is 4.39 Å². The Balaban J connectivity index is 2.09. The second kappa shape index (κ2) is 7.69. The van der Waals surface area contributed by atoms with Crippen LogP contribution >= 0.6 is 22.6 Å². The summed E-state index contributed by atoms with van der Waals surface area (Å²) in [6.07, 6.45) is 2.03. The quantitative estimate of drug-likeness (QED) is 0.274. The van der Waals surface area contributed by atoms with E-state index in [2.05, 4.69) is 38.3 Å². The topological polar surface area (TPSA) is 63.6 Å². The van der Waals surface area contributed by atoms with Crippen molar-refractivity contribution in [3.8, 4) is 11.8 Å². The minimum absolute atomic E-state index is 0.0788. The van der Waals surface area contributed by atoms with Crippen LogP contribution in [-0.2, 0) is 5.41 Å². The molecule has 0 saturated heterocycles. The summed E-state index contributed by atoms with van der Waals surface area (Å²) in [6, 6.07) is 12.7. The predicted octanol–water partition coefficient (Wildman–Crippen LogP) is 6.60. The fourth-order valence-electron chi connectivity index (χ4n) is 3.99. The lowest BCUT2D eigenvalue weighted by Gasteiger charge is -2.25. The Morgan fingerprint density at radius 3 is 2.38 bits per heavy atom. The van der Waals surface area contributed by atoms with E-state index < -0.39 is 10.8 Å². The number of carbonyl (C=O) groups excluding carboxylic acids is 1. The summed E-state index contributed by atoms with van der Waals surface area (Å²) in [5.41, 5.74) is 2.46. The molecule has 0 radical (unpaired) electrons.